The third kappa shape index (κ3) is 2.86. The van der Waals surface area contributed by atoms with Crippen LogP contribution in [0.25, 0.3) is 0 Å². The minimum atomic E-state index is 0.681. The average molecular weight is 244 g/mol. The number of rotatable bonds is 6. The third-order valence-corrected chi connectivity index (χ3v) is 4.43. The van der Waals surface area contributed by atoms with Crippen molar-refractivity contribution >= 4 is 5.69 Å². The van der Waals surface area contributed by atoms with E-state index in [1.807, 2.05) is 0 Å². The van der Waals surface area contributed by atoms with Gasteiger partial charge >= 0.3 is 0 Å². The fraction of sp³-hybridized carbons (Fsp3) is 0.625. The van der Waals surface area contributed by atoms with E-state index in [2.05, 4.69) is 48.5 Å². The van der Waals surface area contributed by atoms with E-state index in [9.17, 15) is 0 Å². The van der Waals surface area contributed by atoms with Gasteiger partial charge in [0.05, 0.1) is 0 Å². The Morgan fingerprint density at radius 3 is 2.39 bits per heavy atom. The molecule has 0 aromatic heterocycles. The van der Waals surface area contributed by atoms with Crippen molar-refractivity contribution in [2.45, 2.75) is 51.2 Å². The molecule has 1 aromatic rings. The normalized spacial score (nSPS) is 20.8. The molecule has 0 radical (unpaired) electrons. The summed E-state index contributed by atoms with van der Waals surface area (Å²) >= 11 is 0. The van der Waals surface area contributed by atoms with E-state index in [-0.39, 0.29) is 0 Å². The van der Waals surface area contributed by atoms with Crippen LogP contribution in [-0.2, 0) is 6.54 Å². The van der Waals surface area contributed by atoms with Gasteiger partial charge in [-0.05, 0) is 56.2 Å². The van der Waals surface area contributed by atoms with Gasteiger partial charge in [0.15, 0.2) is 0 Å². The summed E-state index contributed by atoms with van der Waals surface area (Å²) in [6.07, 6.45) is 5.54. The van der Waals surface area contributed by atoms with Gasteiger partial charge in [-0.1, -0.05) is 12.1 Å². The Hall–Kier alpha value is -1.02. The molecule has 0 saturated heterocycles. The Labute approximate surface area is 110 Å². The molecule has 2 aliphatic rings. The van der Waals surface area contributed by atoms with E-state index in [4.69, 9.17) is 0 Å². The molecule has 1 atom stereocenters. The van der Waals surface area contributed by atoms with Crippen LogP contribution in [0.2, 0.25) is 0 Å². The molecule has 3 rings (SSSR count). The van der Waals surface area contributed by atoms with Gasteiger partial charge in [0.25, 0.3) is 0 Å². The predicted molar refractivity (Wildman–Crippen MR) is 76.9 cm³/mol. The van der Waals surface area contributed by atoms with Crippen LogP contribution in [0.1, 0.15) is 38.2 Å². The molecule has 2 fully saturated rings. The molecular formula is C16H24N2. The summed E-state index contributed by atoms with van der Waals surface area (Å²) in [6.45, 7) is 3.37. The highest BCUT2D eigenvalue weighted by Gasteiger charge is 2.30. The quantitative estimate of drug-likeness (QED) is 0.827. The van der Waals surface area contributed by atoms with E-state index in [0.29, 0.717) is 6.04 Å². The molecule has 0 amide bonds. The topological polar surface area (TPSA) is 15.3 Å². The smallest absolute Gasteiger partial charge is 0.0366 e. The molecule has 1 aromatic carbocycles. The summed E-state index contributed by atoms with van der Waals surface area (Å²) in [7, 11) is 2.22. The first kappa shape index (κ1) is 12.0. The van der Waals surface area contributed by atoms with Gasteiger partial charge in [-0.15, -0.1) is 0 Å². The molecule has 2 nitrogen and oxygen atoms in total. The number of hydrogen-bond donors (Lipinski definition) is 1. The van der Waals surface area contributed by atoms with Crippen molar-refractivity contribution in [2.75, 3.05) is 11.9 Å². The van der Waals surface area contributed by atoms with Crippen LogP contribution < -0.4 is 10.2 Å². The van der Waals surface area contributed by atoms with Gasteiger partial charge in [-0.3, -0.25) is 0 Å². The summed E-state index contributed by atoms with van der Waals surface area (Å²) in [5.74, 6) is 0.922. The van der Waals surface area contributed by atoms with Crippen LogP contribution in [0, 0.1) is 5.92 Å². The van der Waals surface area contributed by atoms with Gasteiger partial charge in [0.1, 0.15) is 0 Å². The second kappa shape index (κ2) is 4.93. The molecule has 2 aliphatic carbocycles. The molecule has 0 heterocycles. The van der Waals surface area contributed by atoms with Crippen molar-refractivity contribution in [3.63, 3.8) is 0 Å². The van der Waals surface area contributed by atoms with Crippen LogP contribution >= 0.6 is 0 Å². The number of nitrogens with zero attached hydrogens (tertiary/aromatic N) is 1. The highest BCUT2D eigenvalue weighted by Crippen LogP contribution is 2.36. The molecule has 2 heteroatoms. The maximum absolute atomic E-state index is 3.56. The molecule has 1 N–H and O–H groups in total. The minimum Gasteiger partial charge on any atom is -0.372 e. The summed E-state index contributed by atoms with van der Waals surface area (Å²) < 4.78 is 0. The Bertz CT molecular complexity index is 390. The Balaban J connectivity index is 1.58. The molecule has 0 bridgehead atoms. The highest BCUT2D eigenvalue weighted by atomic mass is 15.1. The molecule has 0 spiro atoms. The molecule has 98 valence electrons. The number of hydrogen-bond acceptors (Lipinski definition) is 2. The zero-order valence-electron chi connectivity index (χ0n) is 11.5. The fourth-order valence-electron chi connectivity index (χ4n) is 2.53. The Kier molecular flexibility index (Phi) is 3.29. The van der Waals surface area contributed by atoms with Crippen molar-refractivity contribution in [3.8, 4) is 0 Å². The van der Waals surface area contributed by atoms with Crippen molar-refractivity contribution in [3.05, 3.63) is 29.8 Å². The van der Waals surface area contributed by atoms with Crippen molar-refractivity contribution in [2.24, 2.45) is 5.92 Å². The molecular weight excluding hydrogens is 220 g/mol. The first-order valence-electron chi connectivity index (χ1n) is 7.29. The lowest BCUT2D eigenvalue weighted by molar-refractivity contribution is 0.609. The van der Waals surface area contributed by atoms with Crippen LogP contribution in [-0.4, -0.2) is 19.1 Å². The van der Waals surface area contributed by atoms with Crippen LogP contribution in [0.15, 0.2) is 24.3 Å². The van der Waals surface area contributed by atoms with Gasteiger partial charge < -0.3 is 10.2 Å². The van der Waals surface area contributed by atoms with E-state index in [1.165, 1.54) is 36.9 Å². The Morgan fingerprint density at radius 1 is 1.17 bits per heavy atom. The van der Waals surface area contributed by atoms with Crippen molar-refractivity contribution in [1.29, 1.82) is 0 Å². The zero-order valence-corrected chi connectivity index (χ0v) is 11.5. The monoisotopic (exact) mass is 244 g/mol. The average Bonchev–Trinajstić information content (AvgIpc) is 3.29. The standard InChI is InChI=1S/C16H24N2/c1-12(14-5-6-14)18(2)16-9-3-13(4-10-16)11-17-15-7-8-15/h3-4,9-10,12,14-15,17H,5-8,11H2,1-2H3. The molecule has 2 saturated carbocycles. The van der Waals surface area contributed by atoms with Gasteiger partial charge in [0.2, 0.25) is 0 Å². The molecule has 0 aliphatic heterocycles. The predicted octanol–water partition coefficient (Wildman–Crippen LogP) is 3.17. The zero-order chi connectivity index (χ0) is 12.5. The summed E-state index contributed by atoms with van der Waals surface area (Å²) in [4.78, 5) is 2.43. The van der Waals surface area contributed by atoms with E-state index in [1.54, 1.807) is 0 Å². The van der Waals surface area contributed by atoms with E-state index < -0.39 is 0 Å². The van der Waals surface area contributed by atoms with E-state index in [0.717, 1.165) is 18.5 Å². The second-order valence-corrected chi connectivity index (χ2v) is 6.01. The van der Waals surface area contributed by atoms with Crippen molar-refractivity contribution < 1.29 is 0 Å². The largest absolute Gasteiger partial charge is 0.372 e. The minimum absolute atomic E-state index is 0.681. The van der Waals surface area contributed by atoms with Crippen LogP contribution in [0.4, 0.5) is 5.69 Å². The van der Waals surface area contributed by atoms with Gasteiger partial charge in [-0.2, -0.15) is 0 Å². The maximum atomic E-state index is 3.56. The van der Waals surface area contributed by atoms with E-state index >= 15 is 0 Å². The van der Waals surface area contributed by atoms with Gasteiger partial charge in [-0.25, -0.2) is 0 Å². The van der Waals surface area contributed by atoms with Crippen LogP contribution in [0.5, 0.6) is 0 Å². The lowest BCUT2D eigenvalue weighted by atomic mass is 10.1. The molecule has 18 heavy (non-hydrogen) atoms. The van der Waals surface area contributed by atoms with Crippen molar-refractivity contribution in [1.82, 2.24) is 5.32 Å². The SMILES string of the molecule is CC(C1CC1)N(C)c1ccc(CNC2CC2)cc1. The lowest BCUT2D eigenvalue weighted by Crippen LogP contribution is -2.30. The summed E-state index contributed by atoms with van der Waals surface area (Å²) in [6, 6.07) is 10.5. The number of anilines is 1. The first-order valence-corrected chi connectivity index (χ1v) is 7.29. The third-order valence-electron chi connectivity index (χ3n) is 4.43. The first-order chi connectivity index (χ1) is 8.74. The fourth-order valence-corrected chi connectivity index (χ4v) is 2.53. The van der Waals surface area contributed by atoms with Gasteiger partial charge in [0, 0.05) is 31.4 Å². The van der Waals surface area contributed by atoms with Crippen LogP contribution in [0.3, 0.4) is 0 Å². The Morgan fingerprint density at radius 2 is 1.83 bits per heavy atom. The number of benzene rings is 1. The number of nitrogens with one attached hydrogen (secondary N) is 1. The maximum Gasteiger partial charge on any atom is 0.0366 e. The lowest BCUT2D eigenvalue weighted by Gasteiger charge is -2.27. The summed E-state index contributed by atoms with van der Waals surface area (Å²) in [5.41, 5.74) is 2.75. The second-order valence-electron chi connectivity index (χ2n) is 6.01. The highest BCUT2D eigenvalue weighted by molar-refractivity contribution is 5.48. The summed E-state index contributed by atoms with van der Waals surface area (Å²) in [5, 5.41) is 3.56. The molecule has 1 unspecified atom stereocenters.